The molecule has 0 saturated heterocycles. The van der Waals surface area contributed by atoms with Crippen LogP contribution >= 0.6 is 12.4 Å². The SMILES string of the molecule is Cc1cc(C)n(C(=O)O)n1.Cl. The number of aromatic nitrogens is 2. The smallest absolute Gasteiger partial charge is 0.432 e. The quantitative estimate of drug-likeness (QED) is 0.651. The topological polar surface area (TPSA) is 55.1 Å². The summed E-state index contributed by atoms with van der Waals surface area (Å²) in [6.07, 6.45) is -1.04. The van der Waals surface area contributed by atoms with Gasteiger partial charge >= 0.3 is 6.09 Å². The van der Waals surface area contributed by atoms with Crippen LogP contribution in [-0.4, -0.2) is 21.0 Å². The highest BCUT2D eigenvalue weighted by molar-refractivity contribution is 5.85. The first kappa shape index (κ1) is 9.97. The summed E-state index contributed by atoms with van der Waals surface area (Å²) in [6.45, 7) is 3.46. The third-order valence-electron chi connectivity index (χ3n) is 1.19. The number of aryl methyl sites for hydroxylation is 2. The Morgan fingerprint density at radius 2 is 2.18 bits per heavy atom. The van der Waals surface area contributed by atoms with Crippen molar-refractivity contribution in [2.75, 3.05) is 0 Å². The van der Waals surface area contributed by atoms with Gasteiger partial charge in [-0.3, -0.25) is 0 Å². The summed E-state index contributed by atoms with van der Waals surface area (Å²) in [5.74, 6) is 0. The Bertz CT molecular complexity index is 270. The summed E-state index contributed by atoms with van der Waals surface area (Å²) in [4.78, 5) is 10.3. The van der Waals surface area contributed by atoms with Crippen LogP contribution in [0.5, 0.6) is 0 Å². The van der Waals surface area contributed by atoms with Crippen molar-refractivity contribution in [3.8, 4) is 0 Å². The number of carboxylic acid groups (broad SMARTS) is 1. The minimum atomic E-state index is -1.04. The average Bonchev–Trinajstić information content (AvgIpc) is 2.10. The van der Waals surface area contributed by atoms with Crippen LogP contribution < -0.4 is 0 Å². The first-order chi connectivity index (χ1) is 4.61. The molecule has 0 bridgehead atoms. The molecule has 0 fully saturated rings. The molecule has 0 radical (unpaired) electrons. The molecule has 1 aromatic rings. The average molecular weight is 177 g/mol. The van der Waals surface area contributed by atoms with E-state index in [9.17, 15) is 4.79 Å². The van der Waals surface area contributed by atoms with Gasteiger partial charge in [0, 0.05) is 5.69 Å². The first-order valence-electron chi connectivity index (χ1n) is 2.88. The molecule has 1 aromatic heterocycles. The van der Waals surface area contributed by atoms with E-state index in [2.05, 4.69) is 5.10 Å². The molecule has 5 heteroatoms. The van der Waals surface area contributed by atoms with Crippen LogP contribution in [0.2, 0.25) is 0 Å². The number of rotatable bonds is 0. The molecule has 0 aliphatic carbocycles. The van der Waals surface area contributed by atoms with Gasteiger partial charge in [0.2, 0.25) is 0 Å². The molecule has 11 heavy (non-hydrogen) atoms. The minimum Gasteiger partial charge on any atom is -0.463 e. The maximum absolute atomic E-state index is 10.3. The van der Waals surface area contributed by atoms with Crippen molar-refractivity contribution in [3.05, 3.63) is 17.5 Å². The lowest BCUT2D eigenvalue weighted by Gasteiger charge is -1.92. The second kappa shape index (κ2) is 3.39. The maximum Gasteiger partial charge on any atom is 0.432 e. The molecule has 0 amide bonds. The summed E-state index contributed by atoms with van der Waals surface area (Å²) >= 11 is 0. The van der Waals surface area contributed by atoms with Crippen molar-refractivity contribution >= 4 is 18.5 Å². The van der Waals surface area contributed by atoms with E-state index in [-0.39, 0.29) is 12.4 Å². The van der Waals surface area contributed by atoms with Crippen molar-refractivity contribution < 1.29 is 9.90 Å². The summed E-state index contributed by atoms with van der Waals surface area (Å²) in [7, 11) is 0. The Morgan fingerprint density at radius 3 is 2.36 bits per heavy atom. The van der Waals surface area contributed by atoms with Crippen LogP contribution in [0.1, 0.15) is 11.4 Å². The number of carbonyl (C=O) groups is 1. The van der Waals surface area contributed by atoms with Gasteiger partial charge < -0.3 is 5.11 Å². The van der Waals surface area contributed by atoms with E-state index in [4.69, 9.17) is 5.11 Å². The van der Waals surface area contributed by atoms with Gasteiger partial charge in [-0.2, -0.15) is 9.78 Å². The fourth-order valence-electron chi connectivity index (χ4n) is 0.823. The second-order valence-electron chi connectivity index (χ2n) is 2.12. The maximum atomic E-state index is 10.3. The van der Waals surface area contributed by atoms with Crippen molar-refractivity contribution in [1.82, 2.24) is 9.78 Å². The molecule has 1 N–H and O–H groups in total. The Hall–Kier alpha value is -1.03. The zero-order chi connectivity index (χ0) is 7.72. The number of nitrogens with zero attached hydrogens (tertiary/aromatic N) is 2. The van der Waals surface area contributed by atoms with Crippen LogP contribution in [0, 0.1) is 13.8 Å². The van der Waals surface area contributed by atoms with Gasteiger partial charge in [-0.15, -0.1) is 12.4 Å². The van der Waals surface area contributed by atoms with Gasteiger partial charge in [0.25, 0.3) is 0 Å². The number of hydrogen-bond acceptors (Lipinski definition) is 2. The molecule has 0 spiro atoms. The highest BCUT2D eigenvalue weighted by Crippen LogP contribution is 1.99. The Kier molecular flexibility index (Phi) is 3.07. The Morgan fingerprint density at radius 1 is 1.64 bits per heavy atom. The Balaban J connectivity index is 0.000001000. The molecule has 0 saturated carbocycles. The zero-order valence-electron chi connectivity index (χ0n) is 6.24. The van der Waals surface area contributed by atoms with Crippen LogP contribution in [-0.2, 0) is 0 Å². The predicted molar refractivity (Wildman–Crippen MR) is 42.4 cm³/mol. The lowest BCUT2D eigenvalue weighted by atomic mass is 10.4. The third-order valence-corrected chi connectivity index (χ3v) is 1.19. The van der Waals surface area contributed by atoms with Crippen molar-refractivity contribution in [3.63, 3.8) is 0 Å². The van der Waals surface area contributed by atoms with Crippen LogP contribution in [0.3, 0.4) is 0 Å². The standard InChI is InChI=1S/C6H8N2O2.ClH/c1-4-3-5(2)8(7-4)6(9)10;/h3H,1-2H3,(H,9,10);1H. The molecule has 0 aromatic carbocycles. The fourth-order valence-corrected chi connectivity index (χ4v) is 0.823. The van der Waals surface area contributed by atoms with Crippen LogP contribution in [0.25, 0.3) is 0 Å². The van der Waals surface area contributed by atoms with Crippen molar-refractivity contribution in [1.29, 1.82) is 0 Å². The summed E-state index contributed by atoms with van der Waals surface area (Å²) in [6, 6.07) is 1.72. The predicted octanol–water partition coefficient (Wildman–Crippen LogP) is 1.45. The first-order valence-corrected chi connectivity index (χ1v) is 2.88. The molecule has 1 heterocycles. The number of halogens is 1. The number of hydrogen-bond donors (Lipinski definition) is 1. The lowest BCUT2D eigenvalue weighted by Crippen LogP contribution is -2.11. The summed E-state index contributed by atoms with van der Waals surface area (Å²) in [5, 5.41) is 12.2. The summed E-state index contributed by atoms with van der Waals surface area (Å²) in [5.41, 5.74) is 1.37. The monoisotopic (exact) mass is 176 g/mol. The zero-order valence-corrected chi connectivity index (χ0v) is 7.05. The molecule has 0 aliphatic rings. The highest BCUT2D eigenvalue weighted by atomic mass is 35.5. The van der Waals surface area contributed by atoms with E-state index in [1.807, 2.05) is 0 Å². The molecule has 0 unspecified atom stereocenters. The molecule has 1 rings (SSSR count). The van der Waals surface area contributed by atoms with E-state index in [1.54, 1.807) is 19.9 Å². The van der Waals surface area contributed by atoms with Crippen LogP contribution in [0.15, 0.2) is 6.07 Å². The van der Waals surface area contributed by atoms with E-state index >= 15 is 0 Å². The largest absolute Gasteiger partial charge is 0.463 e. The molecular formula is C6H9ClN2O2. The highest BCUT2D eigenvalue weighted by Gasteiger charge is 2.05. The third kappa shape index (κ3) is 1.94. The van der Waals surface area contributed by atoms with E-state index in [0.29, 0.717) is 5.69 Å². The van der Waals surface area contributed by atoms with Gasteiger partial charge in [-0.05, 0) is 19.9 Å². The summed E-state index contributed by atoms with van der Waals surface area (Å²) < 4.78 is 0.954. The molecular weight excluding hydrogens is 168 g/mol. The van der Waals surface area contributed by atoms with Crippen molar-refractivity contribution in [2.24, 2.45) is 0 Å². The second-order valence-corrected chi connectivity index (χ2v) is 2.12. The van der Waals surface area contributed by atoms with Gasteiger partial charge in [0.15, 0.2) is 0 Å². The van der Waals surface area contributed by atoms with Crippen molar-refractivity contribution in [2.45, 2.75) is 13.8 Å². The normalized spacial score (nSPS) is 8.91. The lowest BCUT2D eigenvalue weighted by molar-refractivity contribution is 0.192. The van der Waals surface area contributed by atoms with Crippen LogP contribution in [0.4, 0.5) is 4.79 Å². The Labute approximate surface area is 70.2 Å². The van der Waals surface area contributed by atoms with Gasteiger partial charge in [-0.25, -0.2) is 4.79 Å². The van der Waals surface area contributed by atoms with Gasteiger partial charge in [0.05, 0.1) is 5.69 Å². The molecule has 0 aliphatic heterocycles. The van der Waals surface area contributed by atoms with E-state index < -0.39 is 6.09 Å². The van der Waals surface area contributed by atoms with Gasteiger partial charge in [-0.1, -0.05) is 0 Å². The van der Waals surface area contributed by atoms with Gasteiger partial charge in [0.1, 0.15) is 0 Å². The molecule has 0 atom stereocenters. The minimum absolute atomic E-state index is 0. The van der Waals surface area contributed by atoms with E-state index in [1.165, 1.54) is 0 Å². The fraction of sp³-hybridized carbons (Fsp3) is 0.333. The molecule has 62 valence electrons. The molecule has 4 nitrogen and oxygen atoms in total. The van der Waals surface area contributed by atoms with E-state index in [0.717, 1.165) is 10.4 Å².